The number of rotatable bonds is 16. The van der Waals surface area contributed by atoms with Crippen molar-refractivity contribution in [2.45, 2.75) is 163 Å². The largest absolute Gasteiger partial charge is 0.851 e. The molecule has 2 aliphatic carbocycles. The summed E-state index contributed by atoms with van der Waals surface area (Å²) >= 11 is 0. The summed E-state index contributed by atoms with van der Waals surface area (Å²) in [6, 6.07) is 0. The molecule has 396 valence electrons. The maximum absolute atomic E-state index is 11.6. The van der Waals surface area contributed by atoms with Crippen LogP contribution >= 0.6 is 0 Å². The van der Waals surface area contributed by atoms with E-state index < -0.39 is 24.4 Å². The van der Waals surface area contributed by atoms with E-state index in [1.807, 2.05) is 107 Å². The minimum absolute atomic E-state index is 0. The lowest BCUT2D eigenvalue weighted by atomic mass is 9.66. The van der Waals surface area contributed by atoms with Gasteiger partial charge in [-0.3, -0.25) is 0 Å². The summed E-state index contributed by atoms with van der Waals surface area (Å²) in [6.45, 7) is 29.5. The molecule has 2 rings (SSSR count). The standard InChI is InChI=1S/2C10H19O4.2C6H15N.2C3H9N.4C2H6.4CH4/c2*1-13-5-3-7-9(11)8(10(7)12)4-6-14-2;2*1-6(2)5-7(3)4;2*1-4(2)3;4*1-2;;;;/h2*7-11H,3-6H2,1-2H3;2*6H,5H2,1-4H3;2*1-3H3;4*1-2H3;4*1H4/q2*-1;;;;;;;;;;;;. The molecule has 0 amide bonds. The monoisotopic (exact) mass is 911 g/mol. The first kappa shape index (κ1) is 91.9. The SMILES string of the molecule is C.C.C.C.CC.CC.CC.CC.CC(C)CN(C)C.CC(C)CN(C)C.CN(C)C.CN(C)C.COCCC1C([O-])C(CCOC)C1O.COCCC1C([O-])C(CCOC)C1O. The van der Waals surface area contributed by atoms with Gasteiger partial charge in [-0.2, -0.15) is 0 Å². The fourth-order valence-corrected chi connectivity index (χ4v) is 5.57. The molecule has 2 fully saturated rings. The van der Waals surface area contributed by atoms with E-state index >= 15 is 0 Å². The molecule has 62 heavy (non-hydrogen) atoms. The molecule has 0 saturated heterocycles. The lowest BCUT2D eigenvalue weighted by Gasteiger charge is -2.54. The minimum atomic E-state index is -0.643. The first-order valence-electron chi connectivity index (χ1n) is 22.3. The molecule has 12 nitrogen and oxygen atoms in total. The molecule has 0 aromatic carbocycles. The molecule has 4 atom stereocenters. The van der Waals surface area contributed by atoms with Gasteiger partial charge in [0.15, 0.2) is 0 Å². The van der Waals surface area contributed by atoms with E-state index in [0.29, 0.717) is 52.1 Å². The number of aliphatic hydroxyl groups excluding tert-OH is 2. The van der Waals surface area contributed by atoms with Gasteiger partial charge in [0.2, 0.25) is 0 Å². The molecule has 0 aromatic heterocycles. The van der Waals surface area contributed by atoms with Gasteiger partial charge in [0, 0.05) is 54.9 Å². The predicted octanol–water partition coefficient (Wildman–Crippen LogP) is 8.20. The Kier molecular flexibility index (Phi) is 103. The van der Waals surface area contributed by atoms with Crippen molar-refractivity contribution in [2.75, 3.05) is 138 Å². The van der Waals surface area contributed by atoms with E-state index in [2.05, 4.69) is 65.7 Å². The first-order chi connectivity index (χ1) is 27.2. The van der Waals surface area contributed by atoms with Crippen molar-refractivity contribution in [3.8, 4) is 0 Å². The van der Waals surface area contributed by atoms with E-state index in [0.717, 1.165) is 11.8 Å². The van der Waals surface area contributed by atoms with Gasteiger partial charge in [-0.25, -0.2) is 0 Å². The van der Waals surface area contributed by atoms with E-state index in [4.69, 9.17) is 18.9 Å². The second-order valence-electron chi connectivity index (χ2n) is 15.7. The number of nitrogens with zero attached hydrogens (tertiary/aromatic N) is 4. The van der Waals surface area contributed by atoms with Crippen molar-refractivity contribution < 1.29 is 39.4 Å². The molecule has 12 heteroatoms. The summed E-state index contributed by atoms with van der Waals surface area (Å²) in [5.41, 5.74) is 0. The third-order valence-corrected chi connectivity index (χ3v) is 7.52. The van der Waals surface area contributed by atoms with Gasteiger partial charge in [-0.1, -0.05) is 113 Å². The quantitative estimate of drug-likeness (QED) is 0.155. The predicted molar refractivity (Wildman–Crippen MR) is 278 cm³/mol. The smallest absolute Gasteiger partial charge is 0.0577 e. The third kappa shape index (κ3) is 66.1. The summed E-state index contributed by atoms with van der Waals surface area (Å²) < 4.78 is 19.5. The lowest BCUT2D eigenvalue weighted by Crippen LogP contribution is -2.62. The molecule has 2 N–H and O–H groups in total. The van der Waals surface area contributed by atoms with Gasteiger partial charge in [0.1, 0.15) is 0 Å². The molecule has 2 saturated carbocycles. The van der Waals surface area contributed by atoms with Gasteiger partial charge in [0.05, 0.1) is 12.2 Å². The summed E-state index contributed by atoms with van der Waals surface area (Å²) in [6.07, 6.45) is 0.450. The highest BCUT2D eigenvalue weighted by atomic mass is 16.5. The molecule has 0 aliphatic heterocycles. The van der Waals surface area contributed by atoms with Gasteiger partial charge in [0.25, 0.3) is 0 Å². The van der Waals surface area contributed by atoms with Crippen molar-refractivity contribution in [2.24, 2.45) is 35.5 Å². The van der Waals surface area contributed by atoms with E-state index in [9.17, 15) is 20.4 Å². The van der Waals surface area contributed by atoms with Crippen LogP contribution in [0.4, 0.5) is 0 Å². The van der Waals surface area contributed by atoms with Crippen LogP contribution in [0, 0.1) is 35.5 Å². The molecule has 2 aliphatic rings. The van der Waals surface area contributed by atoms with Gasteiger partial charge < -0.3 is 59.0 Å². The normalized spacial score (nSPS) is 20.7. The molecule has 0 heterocycles. The number of aliphatic hydroxyl groups is 2. The van der Waals surface area contributed by atoms with Crippen molar-refractivity contribution >= 4 is 0 Å². The van der Waals surface area contributed by atoms with E-state index in [1.54, 1.807) is 28.4 Å². The van der Waals surface area contributed by atoms with E-state index in [1.165, 1.54) is 13.1 Å². The highest BCUT2D eigenvalue weighted by molar-refractivity contribution is 4.97. The average molecular weight is 912 g/mol. The van der Waals surface area contributed by atoms with Crippen LogP contribution in [-0.4, -0.2) is 193 Å². The average Bonchev–Trinajstić information content (AvgIpc) is 3.15. The first-order valence-corrected chi connectivity index (χ1v) is 22.3. The Balaban J connectivity index is -0.0000000486. The molecule has 0 aromatic rings. The van der Waals surface area contributed by atoms with Crippen molar-refractivity contribution in [3.05, 3.63) is 0 Å². The Labute approximate surface area is 394 Å². The van der Waals surface area contributed by atoms with Crippen molar-refractivity contribution in [1.82, 2.24) is 19.6 Å². The zero-order valence-corrected chi connectivity index (χ0v) is 44.0. The Morgan fingerprint density at radius 3 is 0.613 bits per heavy atom. The maximum Gasteiger partial charge on any atom is 0.0577 e. The Morgan fingerprint density at radius 1 is 0.403 bits per heavy atom. The third-order valence-electron chi connectivity index (χ3n) is 7.52. The number of hydrogen-bond donors (Lipinski definition) is 2. The van der Waals surface area contributed by atoms with Crippen LogP contribution in [0.15, 0.2) is 0 Å². The van der Waals surface area contributed by atoms with Crippen LogP contribution in [0.2, 0.25) is 0 Å². The lowest BCUT2D eigenvalue weighted by molar-refractivity contribution is -0.487. The second kappa shape index (κ2) is 69.6. The Morgan fingerprint density at radius 2 is 0.548 bits per heavy atom. The molecule has 4 unspecified atom stereocenters. The van der Waals surface area contributed by atoms with Crippen molar-refractivity contribution in [1.29, 1.82) is 0 Å². The van der Waals surface area contributed by atoms with Crippen LogP contribution in [0.25, 0.3) is 0 Å². The fourth-order valence-electron chi connectivity index (χ4n) is 5.57. The summed E-state index contributed by atoms with van der Waals surface area (Å²) in [5.74, 6) is 1.09. The van der Waals surface area contributed by atoms with Crippen molar-refractivity contribution in [3.63, 3.8) is 0 Å². The highest BCUT2D eigenvalue weighted by Gasteiger charge is 2.42. The van der Waals surface area contributed by atoms with Gasteiger partial charge in [-0.15, -0.1) is 12.2 Å². The molecule has 0 spiro atoms. The highest BCUT2D eigenvalue weighted by Crippen LogP contribution is 2.38. The van der Waals surface area contributed by atoms with Crippen LogP contribution in [0.3, 0.4) is 0 Å². The number of ether oxygens (including phenoxy) is 4. The number of methoxy groups -OCH3 is 4. The Bertz CT molecular complexity index is 568. The molecule has 0 bridgehead atoms. The molecular weight excluding hydrogens is 785 g/mol. The summed E-state index contributed by atoms with van der Waals surface area (Å²) in [4.78, 5) is 8.40. The van der Waals surface area contributed by atoms with Gasteiger partial charge in [-0.05, 0) is 145 Å². The summed E-state index contributed by atoms with van der Waals surface area (Å²) in [7, 11) is 26.8. The zero-order chi connectivity index (χ0) is 48.0. The van der Waals surface area contributed by atoms with E-state index in [-0.39, 0.29) is 53.4 Å². The van der Waals surface area contributed by atoms with Gasteiger partial charge >= 0.3 is 0 Å². The van der Waals surface area contributed by atoms with Crippen LogP contribution in [-0.2, 0) is 18.9 Å². The van der Waals surface area contributed by atoms with Crippen LogP contribution in [0.5, 0.6) is 0 Å². The van der Waals surface area contributed by atoms with Crippen LogP contribution in [0.1, 0.15) is 138 Å². The molecular formula is C50H126N4O8-2. The second-order valence-corrected chi connectivity index (χ2v) is 15.7. The van der Waals surface area contributed by atoms with Crippen LogP contribution < -0.4 is 10.2 Å². The zero-order valence-electron chi connectivity index (χ0n) is 44.0. The Hall–Kier alpha value is -0.480. The summed E-state index contributed by atoms with van der Waals surface area (Å²) in [5, 5.41) is 42.6. The fraction of sp³-hybridized carbons (Fsp3) is 1.00. The minimum Gasteiger partial charge on any atom is -0.851 e. The molecule has 0 radical (unpaired) electrons. The maximum atomic E-state index is 11.6. The number of hydrogen-bond acceptors (Lipinski definition) is 12. The topological polar surface area (TPSA) is 136 Å².